The molecule has 0 unspecified atom stereocenters. The summed E-state index contributed by atoms with van der Waals surface area (Å²) in [4.78, 5) is 18.8. The van der Waals surface area contributed by atoms with E-state index in [9.17, 15) is 4.79 Å². The number of hydrogen-bond donors (Lipinski definition) is 1. The predicted octanol–water partition coefficient (Wildman–Crippen LogP) is 3.54. The molecule has 1 aromatic carbocycles. The number of benzene rings is 1. The fraction of sp³-hybridized carbons (Fsp3) is 0.294. The Labute approximate surface area is 145 Å². The number of halogens is 1. The Kier molecular flexibility index (Phi) is 5.54. The number of thioether (sulfide) groups is 1. The second kappa shape index (κ2) is 7.81. The van der Waals surface area contributed by atoms with E-state index in [1.54, 1.807) is 12.1 Å². The Bertz CT molecular complexity index is 672. The molecule has 6 heteroatoms. The number of hydrogen-bond acceptors (Lipinski definition) is 4. The van der Waals surface area contributed by atoms with Crippen molar-refractivity contribution in [3.05, 3.63) is 58.9 Å². The molecule has 23 heavy (non-hydrogen) atoms. The normalized spacial score (nSPS) is 15.3. The van der Waals surface area contributed by atoms with Crippen molar-refractivity contribution in [1.29, 1.82) is 0 Å². The highest BCUT2D eigenvalue weighted by Gasteiger charge is 2.14. The molecule has 0 aliphatic carbocycles. The van der Waals surface area contributed by atoms with Gasteiger partial charge >= 0.3 is 0 Å². The standard InChI is InChI=1S/C17H18ClN3OS/c18-14-5-6-16(19-11-14)17(22)20-15-4-2-1-3-13(15)12-21-7-9-23-10-8-21/h1-6,11H,7-10,12H2,(H,20,22). The van der Waals surface area contributed by atoms with E-state index in [1.807, 2.05) is 30.0 Å². The second-order valence-corrected chi connectivity index (χ2v) is 7.02. The van der Waals surface area contributed by atoms with Crippen LogP contribution in [0.15, 0.2) is 42.6 Å². The van der Waals surface area contributed by atoms with E-state index in [0.29, 0.717) is 10.7 Å². The summed E-state index contributed by atoms with van der Waals surface area (Å²) in [5.74, 6) is 2.12. The monoisotopic (exact) mass is 347 g/mol. The molecule has 1 aliphatic heterocycles. The number of anilines is 1. The van der Waals surface area contributed by atoms with Gasteiger partial charge in [-0.1, -0.05) is 29.8 Å². The summed E-state index contributed by atoms with van der Waals surface area (Å²) in [6, 6.07) is 11.2. The molecule has 1 saturated heterocycles. The summed E-state index contributed by atoms with van der Waals surface area (Å²) in [5.41, 5.74) is 2.33. The first-order valence-electron chi connectivity index (χ1n) is 7.53. The SMILES string of the molecule is O=C(Nc1ccccc1CN1CCSCC1)c1ccc(Cl)cn1. The van der Waals surface area contributed by atoms with Gasteiger partial charge in [-0.05, 0) is 23.8 Å². The van der Waals surface area contributed by atoms with E-state index < -0.39 is 0 Å². The van der Waals surface area contributed by atoms with Crippen LogP contribution in [0.25, 0.3) is 0 Å². The lowest BCUT2D eigenvalue weighted by Gasteiger charge is -2.27. The van der Waals surface area contributed by atoms with Crippen LogP contribution in [-0.2, 0) is 6.54 Å². The molecule has 2 heterocycles. The fourth-order valence-corrected chi connectivity index (χ4v) is 3.57. The lowest BCUT2D eigenvalue weighted by atomic mass is 10.1. The molecule has 0 radical (unpaired) electrons. The quantitative estimate of drug-likeness (QED) is 0.918. The topological polar surface area (TPSA) is 45.2 Å². The Morgan fingerprint density at radius 3 is 2.74 bits per heavy atom. The summed E-state index contributed by atoms with van der Waals surface area (Å²) < 4.78 is 0. The molecule has 120 valence electrons. The average Bonchev–Trinajstić information content (AvgIpc) is 2.58. The van der Waals surface area contributed by atoms with Crippen molar-refractivity contribution in [2.24, 2.45) is 0 Å². The molecule has 0 bridgehead atoms. The van der Waals surface area contributed by atoms with Gasteiger partial charge in [0.05, 0.1) is 5.02 Å². The van der Waals surface area contributed by atoms with Crippen molar-refractivity contribution in [1.82, 2.24) is 9.88 Å². The highest BCUT2D eigenvalue weighted by Crippen LogP contribution is 2.20. The van der Waals surface area contributed by atoms with Crippen LogP contribution in [0.4, 0.5) is 5.69 Å². The molecule has 1 amide bonds. The van der Waals surface area contributed by atoms with E-state index in [0.717, 1.165) is 30.9 Å². The number of nitrogens with zero attached hydrogens (tertiary/aromatic N) is 2. The number of rotatable bonds is 4. The van der Waals surface area contributed by atoms with Gasteiger partial charge in [0.1, 0.15) is 5.69 Å². The van der Waals surface area contributed by atoms with Crippen molar-refractivity contribution in [2.75, 3.05) is 29.9 Å². The number of pyridine rings is 1. The smallest absolute Gasteiger partial charge is 0.274 e. The first-order valence-corrected chi connectivity index (χ1v) is 9.06. The van der Waals surface area contributed by atoms with Crippen LogP contribution in [0.1, 0.15) is 16.1 Å². The number of amides is 1. The van der Waals surface area contributed by atoms with Gasteiger partial charge in [-0.15, -0.1) is 0 Å². The number of aromatic nitrogens is 1. The van der Waals surface area contributed by atoms with Crippen LogP contribution < -0.4 is 5.32 Å². The molecule has 1 N–H and O–H groups in total. The fourth-order valence-electron chi connectivity index (χ4n) is 2.48. The Hall–Kier alpha value is -1.56. The maximum absolute atomic E-state index is 12.3. The first kappa shape index (κ1) is 16.3. The van der Waals surface area contributed by atoms with Gasteiger partial charge in [-0.3, -0.25) is 9.69 Å². The summed E-state index contributed by atoms with van der Waals surface area (Å²) in [7, 11) is 0. The lowest BCUT2D eigenvalue weighted by molar-refractivity contribution is 0.102. The third-order valence-corrected chi connectivity index (χ3v) is 4.89. The van der Waals surface area contributed by atoms with Gasteiger partial charge < -0.3 is 5.32 Å². The second-order valence-electron chi connectivity index (χ2n) is 5.36. The number of nitrogens with one attached hydrogen (secondary N) is 1. The minimum Gasteiger partial charge on any atom is -0.320 e. The van der Waals surface area contributed by atoms with Gasteiger partial charge in [-0.25, -0.2) is 4.98 Å². The molecule has 0 spiro atoms. The minimum atomic E-state index is -0.219. The molecular formula is C17H18ClN3OS. The maximum atomic E-state index is 12.3. The zero-order chi connectivity index (χ0) is 16.1. The summed E-state index contributed by atoms with van der Waals surface area (Å²) >= 11 is 7.80. The van der Waals surface area contributed by atoms with Crippen LogP contribution in [0.5, 0.6) is 0 Å². The van der Waals surface area contributed by atoms with Crippen LogP contribution in [0.3, 0.4) is 0 Å². The van der Waals surface area contributed by atoms with Gasteiger partial charge in [0.15, 0.2) is 0 Å². The molecule has 1 fully saturated rings. The van der Waals surface area contributed by atoms with Gasteiger partial charge in [-0.2, -0.15) is 11.8 Å². The minimum absolute atomic E-state index is 0.219. The van der Waals surface area contributed by atoms with Crippen molar-refractivity contribution in [2.45, 2.75) is 6.54 Å². The third-order valence-electron chi connectivity index (χ3n) is 3.72. The zero-order valence-corrected chi connectivity index (χ0v) is 14.2. The zero-order valence-electron chi connectivity index (χ0n) is 12.7. The van der Waals surface area contributed by atoms with E-state index in [1.165, 1.54) is 17.7 Å². The molecule has 0 saturated carbocycles. The van der Waals surface area contributed by atoms with Crippen LogP contribution in [0, 0.1) is 0 Å². The van der Waals surface area contributed by atoms with Gasteiger partial charge in [0, 0.05) is 43.0 Å². The van der Waals surface area contributed by atoms with E-state index in [4.69, 9.17) is 11.6 Å². The largest absolute Gasteiger partial charge is 0.320 e. The highest BCUT2D eigenvalue weighted by atomic mass is 35.5. The number of para-hydroxylation sites is 1. The molecule has 3 rings (SSSR count). The Morgan fingerprint density at radius 2 is 2.00 bits per heavy atom. The van der Waals surface area contributed by atoms with E-state index in [-0.39, 0.29) is 5.91 Å². The Morgan fingerprint density at radius 1 is 1.22 bits per heavy atom. The average molecular weight is 348 g/mol. The maximum Gasteiger partial charge on any atom is 0.274 e. The van der Waals surface area contributed by atoms with Crippen molar-refractivity contribution >= 4 is 35.0 Å². The van der Waals surface area contributed by atoms with Crippen molar-refractivity contribution < 1.29 is 4.79 Å². The van der Waals surface area contributed by atoms with Crippen LogP contribution >= 0.6 is 23.4 Å². The van der Waals surface area contributed by atoms with Crippen molar-refractivity contribution in [3.8, 4) is 0 Å². The Balaban J connectivity index is 1.72. The third kappa shape index (κ3) is 4.47. The summed E-state index contributed by atoms with van der Waals surface area (Å²) in [6.07, 6.45) is 1.48. The number of carbonyl (C=O) groups excluding carboxylic acids is 1. The van der Waals surface area contributed by atoms with Crippen LogP contribution in [0.2, 0.25) is 5.02 Å². The van der Waals surface area contributed by atoms with Crippen LogP contribution in [-0.4, -0.2) is 40.4 Å². The molecule has 1 aromatic heterocycles. The lowest BCUT2D eigenvalue weighted by Crippen LogP contribution is -2.32. The summed E-state index contributed by atoms with van der Waals surface area (Å²) in [5, 5.41) is 3.48. The first-order chi connectivity index (χ1) is 11.2. The van der Waals surface area contributed by atoms with E-state index in [2.05, 4.69) is 21.3 Å². The number of carbonyl (C=O) groups is 1. The molecule has 2 aromatic rings. The van der Waals surface area contributed by atoms with Gasteiger partial charge in [0.2, 0.25) is 0 Å². The highest BCUT2D eigenvalue weighted by molar-refractivity contribution is 7.99. The molecule has 1 aliphatic rings. The molecule has 0 atom stereocenters. The van der Waals surface area contributed by atoms with Crippen molar-refractivity contribution in [3.63, 3.8) is 0 Å². The predicted molar refractivity (Wildman–Crippen MR) is 96.2 cm³/mol. The van der Waals surface area contributed by atoms with E-state index >= 15 is 0 Å². The molecular weight excluding hydrogens is 330 g/mol. The summed E-state index contributed by atoms with van der Waals surface area (Å²) in [6.45, 7) is 3.03. The van der Waals surface area contributed by atoms with Gasteiger partial charge in [0.25, 0.3) is 5.91 Å². The molecule has 4 nitrogen and oxygen atoms in total.